The Balaban J connectivity index is 2.19. The first kappa shape index (κ1) is 14.0. The summed E-state index contributed by atoms with van der Waals surface area (Å²) in [7, 11) is 0. The van der Waals surface area contributed by atoms with Crippen molar-refractivity contribution in [1.82, 2.24) is 14.9 Å². The van der Waals surface area contributed by atoms with Gasteiger partial charge in [0.1, 0.15) is 18.0 Å². The Labute approximate surface area is 115 Å². The number of nitrogens with one attached hydrogen (secondary N) is 1. The summed E-state index contributed by atoms with van der Waals surface area (Å²) in [6.45, 7) is 9.71. The summed E-state index contributed by atoms with van der Waals surface area (Å²) in [5.41, 5.74) is 3.83. The number of anilines is 2. The van der Waals surface area contributed by atoms with Crippen LogP contribution in [-0.4, -0.2) is 47.6 Å². The molecule has 0 atom stereocenters. The predicted molar refractivity (Wildman–Crippen MR) is 78.2 cm³/mol. The number of aromatic nitrogens is 2. The van der Waals surface area contributed by atoms with Crippen molar-refractivity contribution >= 4 is 11.6 Å². The molecule has 0 aliphatic carbocycles. The number of hydrogen-bond acceptors (Lipinski definition) is 6. The molecule has 0 bridgehead atoms. The monoisotopic (exact) mass is 264 g/mol. The number of likely N-dealkylation sites (N-methyl/N-ethyl adjacent to an activating group) is 1. The van der Waals surface area contributed by atoms with Crippen LogP contribution in [0.4, 0.5) is 11.6 Å². The van der Waals surface area contributed by atoms with Crippen LogP contribution in [0.25, 0.3) is 0 Å². The molecule has 1 saturated heterocycles. The highest BCUT2D eigenvalue weighted by atomic mass is 15.3. The minimum atomic E-state index is 0.754. The summed E-state index contributed by atoms with van der Waals surface area (Å²) in [6, 6.07) is 0. The fourth-order valence-electron chi connectivity index (χ4n) is 2.56. The van der Waals surface area contributed by atoms with E-state index in [0.29, 0.717) is 0 Å². The van der Waals surface area contributed by atoms with Crippen molar-refractivity contribution in [2.45, 2.75) is 26.7 Å². The van der Waals surface area contributed by atoms with Crippen molar-refractivity contribution in [2.75, 3.05) is 43.0 Å². The molecular weight excluding hydrogens is 240 g/mol. The SMILES string of the molecule is CCCc1c(NN)ncnc1N1CCN(CC)CC1. The van der Waals surface area contributed by atoms with E-state index in [1.165, 1.54) is 0 Å². The molecule has 1 aliphatic heterocycles. The lowest BCUT2D eigenvalue weighted by Gasteiger charge is -2.35. The van der Waals surface area contributed by atoms with Gasteiger partial charge in [-0.05, 0) is 13.0 Å². The molecule has 19 heavy (non-hydrogen) atoms. The average molecular weight is 264 g/mol. The molecule has 1 fully saturated rings. The minimum absolute atomic E-state index is 0.754. The molecule has 0 saturated carbocycles. The number of nitrogens with two attached hydrogens (primary N) is 1. The van der Waals surface area contributed by atoms with Gasteiger partial charge in [0.05, 0.1) is 0 Å². The number of hydrazine groups is 1. The van der Waals surface area contributed by atoms with Gasteiger partial charge in [-0.15, -0.1) is 0 Å². The number of hydrogen-bond donors (Lipinski definition) is 2. The summed E-state index contributed by atoms with van der Waals surface area (Å²) in [6.07, 6.45) is 3.60. The Morgan fingerprint density at radius 1 is 1.21 bits per heavy atom. The van der Waals surface area contributed by atoms with E-state index in [1.807, 2.05) is 0 Å². The van der Waals surface area contributed by atoms with Crippen LogP contribution < -0.4 is 16.2 Å². The molecule has 0 spiro atoms. The highest BCUT2D eigenvalue weighted by molar-refractivity contribution is 5.58. The Kier molecular flexibility index (Phi) is 4.93. The third kappa shape index (κ3) is 3.13. The van der Waals surface area contributed by atoms with Crippen LogP contribution in [0.3, 0.4) is 0 Å². The number of nitrogen functional groups attached to an aromatic ring is 1. The fourth-order valence-corrected chi connectivity index (χ4v) is 2.56. The van der Waals surface area contributed by atoms with E-state index in [1.54, 1.807) is 6.33 Å². The summed E-state index contributed by atoms with van der Waals surface area (Å²) in [5.74, 6) is 7.35. The minimum Gasteiger partial charge on any atom is -0.354 e. The lowest BCUT2D eigenvalue weighted by molar-refractivity contribution is 0.270. The van der Waals surface area contributed by atoms with Crippen molar-refractivity contribution in [2.24, 2.45) is 5.84 Å². The van der Waals surface area contributed by atoms with Gasteiger partial charge < -0.3 is 15.2 Å². The van der Waals surface area contributed by atoms with Crippen molar-refractivity contribution in [3.8, 4) is 0 Å². The van der Waals surface area contributed by atoms with Gasteiger partial charge in [0.2, 0.25) is 0 Å². The van der Waals surface area contributed by atoms with Gasteiger partial charge in [0, 0.05) is 31.7 Å². The van der Waals surface area contributed by atoms with Crippen molar-refractivity contribution < 1.29 is 0 Å². The zero-order chi connectivity index (χ0) is 13.7. The van der Waals surface area contributed by atoms with Crippen LogP contribution in [-0.2, 0) is 6.42 Å². The molecule has 2 rings (SSSR count). The number of rotatable bonds is 5. The normalized spacial score (nSPS) is 16.7. The second-order valence-corrected chi connectivity index (χ2v) is 4.84. The maximum absolute atomic E-state index is 5.56. The van der Waals surface area contributed by atoms with Crippen LogP contribution in [0, 0.1) is 0 Å². The van der Waals surface area contributed by atoms with E-state index in [-0.39, 0.29) is 0 Å². The predicted octanol–water partition coefficient (Wildman–Crippen LogP) is 0.857. The van der Waals surface area contributed by atoms with E-state index < -0.39 is 0 Å². The van der Waals surface area contributed by atoms with Gasteiger partial charge >= 0.3 is 0 Å². The molecular formula is C13H24N6. The van der Waals surface area contributed by atoms with Crippen LogP contribution in [0.1, 0.15) is 25.8 Å². The molecule has 6 heteroatoms. The molecule has 0 aromatic carbocycles. The smallest absolute Gasteiger partial charge is 0.148 e. The van der Waals surface area contributed by atoms with Crippen molar-refractivity contribution in [3.63, 3.8) is 0 Å². The second kappa shape index (κ2) is 6.68. The topological polar surface area (TPSA) is 70.3 Å². The van der Waals surface area contributed by atoms with E-state index in [0.717, 1.165) is 62.8 Å². The first-order valence-corrected chi connectivity index (χ1v) is 7.07. The van der Waals surface area contributed by atoms with E-state index in [9.17, 15) is 0 Å². The largest absolute Gasteiger partial charge is 0.354 e. The van der Waals surface area contributed by atoms with Crippen molar-refractivity contribution in [1.29, 1.82) is 0 Å². The van der Waals surface area contributed by atoms with Crippen LogP contribution in [0.5, 0.6) is 0 Å². The van der Waals surface area contributed by atoms with E-state index in [4.69, 9.17) is 5.84 Å². The molecule has 1 aromatic heterocycles. The first-order chi connectivity index (χ1) is 9.30. The zero-order valence-corrected chi connectivity index (χ0v) is 11.9. The summed E-state index contributed by atoms with van der Waals surface area (Å²) < 4.78 is 0. The third-order valence-corrected chi connectivity index (χ3v) is 3.68. The van der Waals surface area contributed by atoms with Crippen molar-refractivity contribution in [3.05, 3.63) is 11.9 Å². The van der Waals surface area contributed by atoms with Crippen LogP contribution in [0.2, 0.25) is 0 Å². The number of piperazine rings is 1. The Hall–Kier alpha value is -1.40. The van der Waals surface area contributed by atoms with Gasteiger partial charge in [-0.2, -0.15) is 0 Å². The molecule has 106 valence electrons. The summed E-state index contributed by atoms with van der Waals surface area (Å²) in [5, 5.41) is 0. The summed E-state index contributed by atoms with van der Waals surface area (Å²) >= 11 is 0. The van der Waals surface area contributed by atoms with Gasteiger partial charge in [0.25, 0.3) is 0 Å². The lowest BCUT2D eigenvalue weighted by atomic mass is 10.1. The van der Waals surface area contributed by atoms with E-state index in [2.05, 4.69) is 39.0 Å². The molecule has 6 nitrogen and oxygen atoms in total. The highest BCUT2D eigenvalue weighted by Gasteiger charge is 2.20. The highest BCUT2D eigenvalue weighted by Crippen LogP contribution is 2.25. The average Bonchev–Trinajstić information content (AvgIpc) is 2.48. The Bertz CT molecular complexity index is 400. The second-order valence-electron chi connectivity index (χ2n) is 4.84. The van der Waals surface area contributed by atoms with Crippen LogP contribution >= 0.6 is 0 Å². The third-order valence-electron chi connectivity index (χ3n) is 3.68. The van der Waals surface area contributed by atoms with E-state index >= 15 is 0 Å². The van der Waals surface area contributed by atoms with Gasteiger partial charge in [-0.1, -0.05) is 20.3 Å². The van der Waals surface area contributed by atoms with Gasteiger partial charge in [0.15, 0.2) is 0 Å². The quantitative estimate of drug-likeness (QED) is 0.607. The summed E-state index contributed by atoms with van der Waals surface area (Å²) in [4.78, 5) is 13.5. The van der Waals surface area contributed by atoms with Gasteiger partial charge in [-0.25, -0.2) is 15.8 Å². The number of nitrogens with zero attached hydrogens (tertiary/aromatic N) is 4. The molecule has 1 aromatic rings. The standard InChI is InChI=1S/C13H24N6/c1-3-5-11-12(17-14)15-10-16-13(11)19-8-6-18(4-2)7-9-19/h10H,3-9,14H2,1-2H3,(H,15,16,17). The Morgan fingerprint density at radius 2 is 1.95 bits per heavy atom. The molecule has 1 aliphatic rings. The zero-order valence-electron chi connectivity index (χ0n) is 11.9. The lowest BCUT2D eigenvalue weighted by Crippen LogP contribution is -2.46. The molecule has 2 heterocycles. The Morgan fingerprint density at radius 3 is 2.53 bits per heavy atom. The van der Waals surface area contributed by atoms with Gasteiger partial charge in [-0.3, -0.25) is 0 Å². The maximum atomic E-state index is 5.56. The maximum Gasteiger partial charge on any atom is 0.148 e. The van der Waals surface area contributed by atoms with Crippen LogP contribution in [0.15, 0.2) is 6.33 Å². The molecule has 0 radical (unpaired) electrons. The molecule has 3 N–H and O–H groups in total. The first-order valence-electron chi connectivity index (χ1n) is 7.07. The molecule has 0 amide bonds. The fraction of sp³-hybridized carbons (Fsp3) is 0.692. The molecule has 0 unspecified atom stereocenters.